The molecule has 1 aliphatic rings. The average molecular weight is 421 g/mol. The van der Waals surface area contributed by atoms with E-state index in [0.717, 1.165) is 25.2 Å². The van der Waals surface area contributed by atoms with Crippen LogP contribution >= 0.6 is 0 Å². The number of hydrogen-bond donors (Lipinski definition) is 1. The van der Waals surface area contributed by atoms with Crippen molar-refractivity contribution in [3.05, 3.63) is 64.2 Å². The summed E-state index contributed by atoms with van der Waals surface area (Å²) in [6.45, 7) is 8.06. The van der Waals surface area contributed by atoms with E-state index >= 15 is 0 Å². The monoisotopic (exact) mass is 420 g/mol. The van der Waals surface area contributed by atoms with Gasteiger partial charge in [0.15, 0.2) is 0 Å². The summed E-state index contributed by atoms with van der Waals surface area (Å²) in [6.07, 6.45) is 4.02. The Bertz CT molecular complexity index is 1150. The minimum absolute atomic E-state index is 0.167. The van der Waals surface area contributed by atoms with Gasteiger partial charge < -0.3 is 10.1 Å². The third kappa shape index (κ3) is 4.61. The van der Waals surface area contributed by atoms with Crippen LogP contribution in [0.3, 0.4) is 0 Å². The van der Waals surface area contributed by atoms with Crippen LogP contribution in [0, 0.1) is 6.92 Å². The molecule has 1 aromatic heterocycles. The van der Waals surface area contributed by atoms with Crippen LogP contribution in [0.1, 0.15) is 35.7 Å². The third-order valence-corrected chi connectivity index (χ3v) is 5.67. The Kier molecular flexibility index (Phi) is 6.32. The first-order chi connectivity index (χ1) is 15.1. The van der Waals surface area contributed by atoms with Crippen molar-refractivity contribution < 1.29 is 9.53 Å². The lowest BCUT2D eigenvalue weighted by Crippen LogP contribution is -2.25. The van der Waals surface area contributed by atoms with Crippen molar-refractivity contribution >= 4 is 16.8 Å². The van der Waals surface area contributed by atoms with Crippen molar-refractivity contribution in [1.82, 2.24) is 19.8 Å². The number of aryl methyl sites for hydroxylation is 1. The first-order valence-corrected chi connectivity index (χ1v) is 10.8. The SMILES string of the molecule is CCNC(=O)c1ccc(C)c(-n2cnc3ccc(OCCN4CCCC4)cc3c2=O)c1. The lowest BCUT2D eigenvalue weighted by molar-refractivity contribution is 0.0956. The quantitative estimate of drug-likeness (QED) is 0.636. The Morgan fingerprint density at radius 3 is 2.74 bits per heavy atom. The largest absolute Gasteiger partial charge is 0.492 e. The zero-order valence-electron chi connectivity index (χ0n) is 18.1. The highest BCUT2D eigenvalue weighted by atomic mass is 16.5. The number of nitrogens with one attached hydrogen (secondary N) is 1. The Balaban J connectivity index is 1.63. The molecule has 0 bridgehead atoms. The molecular weight excluding hydrogens is 392 g/mol. The van der Waals surface area contributed by atoms with Crippen molar-refractivity contribution in [2.24, 2.45) is 0 Å². The smallest absolute Gasteiger partial charge is 0.265 e. The molecule has 1 aliphatic heterocycles. The number of likely N-dealkylation sites (tertiary alicyclic amines) is 1. The van der Waals surface area contributed by atoms with Gasteiger partial charge in [0.05, 0.1) is 16.6 Å². The Hall–Kier alpha value is -3.19. The highest BCUT2D eigenvalue weighted by Gasteiger charge is 2.13. The number of hydrogen-bond acceptors (Lipinski definition) is 5. The number of fused-ring (bicyclic) bond motifs is 1. The topological polar surface area (TPSA) is 76.5 Å². The van der Waals surface area contributed by atoms with Gasteiger partial charge in [-0.3, -0.25) is 19.1 Å². The van der Waals surface area contributed by atoms with Crippen LogP contribution in [0.5, 0.6) is 5.75 Å². The number of ether oxygens (including phenoxy) is 1. The molecule has 31 heavy (non-hydrogen) atoms. The van der Waals surface area contributed by atoms with Gasteiger partial charge in [0.25, 0.3) is 11.5 Å². The first-order valence-electron chi connectivity index (χ1n) is 10.8. The summed E-state index contributed by atoms with van der Waals surface area (Å²) >= 11 is 0. The second-order valence-electron chi connectivity index (χ2n) is 7.86. The Labute approximate surface area is 181 Å². The van der Waals surface area contributed by atoms with Crippen LogP contribution in [0.15, 0.2) is 47.5 Å². The maximum atomic E-state index is 13.3. The fourth-order valence-electron chi connectivity index (χ4n) is 3.93. The number of nitrogens with zero attached hydrogens (tertiary/aromatic N) is 3. The van der Waals surface area contributed by atoms with E-state index in [1.165, 1.54) is 23.7 Å². The van der Waals surface area contributed by atoms with Crippen molar-refractivity contribution in [3.63, 3.8) is 0 Å². The Morgan fingerprint density at radius 2 is 1.97 bits per heavy atom. The van der Waals surface area contributed by atoms with Crippen LogP contribution in [0.2, 0.25) is 0 Å². The van der Waals surface area contributed by atoms with Gasteiger partial charge in [-0.15, -0.1) is 0 Å². The molecule has 1 saturated heterocycles. The summed E-state index contributed by atoms with van der Waals surface area (Å²) in [5.41, 5.74) is 2.46. The van der Waals surface area contributed by atoms with E-state index in [1.54, 1.807) is 18.2 Å². The summed E-state index contributed by atoms with van der Waals surface area (Å²) in [4.78, 5) is 32.4. The van der Waals surface area contributed by atoms with Gasteiger partial charge in [-0.05, 0) is 75.7 Å². The second-order valence-corrected chi connectivity index (χ2v) is 7.86. The molecule has 0 spiro atoms. The predicted octanol–water partition coefficient (Wildman–Crippen LogP) is 2.92. The summed E-state index contributed by atoms with van der Waals surface area (Å²) in [5, 5.41) is 3.28. The molecule has 4 rings (SSSR count). The zero-order valence-corrected chi connectivity index (χ0v) is 18.1. The minimum atomic E-state index is -0.189. The molecule has 3 aromatic rings. The number of rotatable bonds is 7. The van der Waals surface area contributed by atoms with Gasteiger partial charge in [-0.25, -0.2) is 4.98 Å². The van der Waals surface area contributed by atoms with Crippen molar-refractivity contribution in [2.45, 2.75) is 26.7 Å². The fourth-order valence-corrected chi connectivity index (χ4v) is 3.93. The average Bonchev–Trinajstić information content (AvgIpc) is 3.29. The lowest BCUT2D eigenvalue weighted by atomic mass is 10.1. The summed E-state index contributed by atoms with van der Waals surface area (Å²) in [5.74, 6) is 0.496. The van der Waals surface area contributed by atoms with Gasteiger partial charge in [0.2, 0.25) is 0 Å². The molecule has 0 unspecified atom stereocenters. The molecule has 2 aromatic carbocycles. The second kappa shape index (κ2) is 9.31. The molecule has 0 aliphatic carbocycles. The van der Waals surface area contributed by atoms with Gasteiger partial charge in [0, 0.05) is 18.7 Å². The summed E-state index contributed by atoms with van der Waals surface area (Å²) < 4.78 is 7.40. The molecule has 7 nitrogen and oxygen atoms in total. The van der Waals surface area contributed by atoms with Crippen molar-refractivity contribution in [3.8, 4) is 11.4 Å². The van der Waals surface area contributed by atoms with E-state index in [9.17, 15) is 9.59 Å². The molecule has 2 heterocycles. The van der Waals surface area contributed by atoms with Gasteiger partial charge in [-0.1, -0.05) is 6.07 Å². The molecule has 0 saturated carbocycles. The number of aromatic nitrogens is 2. The van der Waals surface area contributed by atoms with E-state index < -0.39 is 0 Å². The predicted molar refractivity (Wildman–Crippen MR) is 121 cm³/mol. The van der Waals surface area contributed by atoms with Gasteiger partial charge >= 0.3 is 0 Å². The summed E-state index contributed by atoms with van der Waals surface area (Å²) in [6, 6.07) is 10.7. The van der Waals surface area contributed by atoms with Crippen LogP contribution < -0.4 is 15.6 Å². The van der Waals surface area contributed by atoms with E-state index in [2.05, 4.69) is 15.2 Å². The molecular formula is C24H28N4O3. The van der Waals surface area contributed by atoms with Crippen LogP contribution in [0.25, 0.3) is 16.6 Å². The minimum Gasteiger partial charge on any atom is -0.492 e. The molecule has 162 valence electrons. The number of benzene rings is 2. The number of amides is 1. The van der Waals surface area contributed by atoms with Crippen LogP contribution in [0.4, 0.5) is 0 Å². The molecule has 7 heteroatoms. The van der Waals surface area contributed by atoms with Crippen molar-refractivity contribution in [2.75, 3.05) is 32.8 Å². The van der Waals surface area contributed by atoms with Crippen LogP contribution in [-0.2, 0) is 0 Å². The number of carbonyl (C=O) groups is 1. The summed E-state index contributed by atoms with van der Waals surface area (Å²) in [7, 11) is 0. The maximum Gasteiger partial charge on any atom is 0.265 e. The van der Waals surface area contributed by atoms with E-state index in [-0.39, 0.29) is 11.5 Å². The van der Waals surface area contributed by atoms with Crippen LogP contribution in [-0.4, -0.2) is 53.1 Å². The first kappa shape index (κ1) is 21.1. The van der Waals surface area contributed by atoms with E-state index in [1.807, 2.05) is 32.0 Å². The van der Waals surface area contributed by atoms with Gasteiger partial charge in [-0.2, -0.15) is 0 Å². The standard InChI is InChI=1S/C24H28N4O3/c1-3-25-23(29)18-7-6-17(2)22(14-18)28-16-26-21-9-8-19(15-20(21)24(28)30)31-13-12-27-10-4-5-11-27/h6-9,14-16H,3-5,10-13H2,1-2H3,(H,25,29). The van der Waals surface area contributed by atoms with E-state index in [0.29, 0.717) is 41.1 Å². The maximum absolute atomic E-state index is 13.3. The fraction of sp³-hybridized carbons (Fsp3) is 0.375. The normalized spacial score (nSPS) is 14.1. The highest BCUT2D eigenvalue weighted by Crippen LogP contribution is 2.20. The highest BCUT2D eigenvalue weighted by molar-refractivity contribution is 5.94. The molecule has 1 N–H and O–H groups in total. The molecule has 1 fully saturated rings. The lowest BCUT2D eigenvalue weighted by Gasteiger charge is -2.15. The van der Waals surface area contributed by atoms with Gasteiger partial charge in [0.1, 0.15) is 18.7 Å². The van der Waals surface area contributed by atoms with Crippen molar-refractivity contribution in [1.29, 1.82) is 0 Å². The number of carbonyl (C=O) groups excluding carboxylic acids is 1. The third-order valence-electron chi connectivity index (χ3n) is 5.67. The molecule has 0 atom stereocenters. The zero-order chi connectivity index (χ0) is 21.8. The van der Waals surface area contributed by atoms with E-state index in [4.69, 9.17) is 4.74 Å². The Morgan fingerprint density at radius 1 is 1.16 bits per heavy atom. The molecule has 1 amide bonds. The molecule has 0 radical (unpaired) electrons.